The van der Waals surface area contributed by atoms with Crippen LogP contribution in [0.2, 0.25) is 0 Å². The van der Waals surface area contributed by atoms with Crippen molar-refractivity contribution in [3.05, 3.63) is 0 Å². The molecule has 0 bridgehead atoms. The molecule has 0 aliphatic carbocycles. The molecule has 0 radical (unpaired) electrons. The maximum atomic E-state index is 11.0. The van der Waals surface area contributed by atoms with Crippen LogP contribution in [0.5, 0.6) is 0 Å². The number of rotatable bonds is 4. The van der Waals surface area contributed by atoms with Crippen LogP contribution in [0, 0.1) is 0 Å². The van der Waals surface area contributed by atoms with Gasteiger partial charge in [-0.2, -0.15) is 0 Å². The zero-order chi connectivity index (χ0) is 9.07. The summed E-state index contributed by atoms with van der Waals surface area (Å²) in [7, 11) is 0. The molecule has 0 aliphatic heterocycles. The average Bonchev–Trinajstić information content (AvgIpc) is 1.80. The molecule has 0 aromatic carbocycles. The van der Waals surface area contributed by atoms with Crippen LogP contribution in [0.1, 0.15) is 27.7 Å². The molecule has 0 saturated carbocycles. The molecule has 0 amide bonds. The minimum atomic E-state index is -1.27. The molecule has 0 aromatic rings. The highest BCUT2D eigenvalue weighted by Gasteiger charge is 2.23. The maximum Gasteiger partial charge on any atom is 0.189 e. The Labute approximate surface area is 67.4 Å². The number of carbonyl (C=O) groups excluding carboxylic acids is 1. The van der Waals surface area contributed by atoms with Crippen LogP contribution in [-0.2, 0) is 9.53 Å². The highest BCUT2D eigenvalue weighted by Crippen LogP contribution is 2.03. The highest BCUT2D eigenvalue weighted by molar-refractivity contribution is 5.87. The monoisotopic (exact) mass is 160 g/mol. The lowest BCUT2D eigenvalue weighted by Crippen LogP contribution is -2.35. The summed E-state index contributed by atoms with van der Waals surface area (Å²) in [4.78, 5) is 11.0. The Morgan fingerprint density at radius 3 is 2.27 bits per heavy atom. The van der Waals surface area contributed by atoms with Crippen LogP contribution in [0.4, 0.5) is 0 Å². The molecule has 11 heavy (non-hydrogen) atoms. The maximum absolute atomic E-state index is 11.0. The molecule has 0 unspecified atom stereocenters. The molecule has 0 rings (SSSR count). The molecular formula is C8H16O3. The van der Waals surface area contributed by atoms with E-state index in [1.807, 2.05) is 13.8 Å². The Morgan fingerprint density at radius 1 is 1.55 bits per heavy atom. The fourth-order valence-electron chi connectivity index (χ4n) is 0.419. The fourth-order valence-corrected chi connectivity index (χ4v) is 0.419. The molecule has 0 heterocycles. The van der Waals surface area contributed by atoms with E-state index in [9.17, 15) is 4.79 Å². The lowest BCUT2D eigenvalue weighted by atomic mass is 10.1. The van der Waals surface area contributed by atoms with E-state index in [-0.39, 0.29) is 18.5 Å². The molecule has 0 saturated heterocycles. The lowest BCUT2D eigenvalue weighted by molar-refractivity contribution is -0.140. The minimum absolute atomic E-state index is 0.0127. The molecule has 1 N–H and O–H groups in total. The molecule has 3 nitrogen and oxygen atoms in total. The predicted molar refractivity (Wildman–Crippen MR) is 42.4 cm³/mol. The van der Waals surface area contributed by atoms with Gasteiger partial charge in [-0.05, 0) is 27.7 Å². The number of Topliss-reactive ketones (excluding diaryl/α,β-unsaturated/α-hetero) is 1. The summed E-state index contributed by atoms with van der Waals surface area (Å²) in [6.45, 7) is 6.59. The summed E-state index contributed by atoms with van der Waals surface area (Å²) >= 11 is 0. The number of ether oxygens (including phenoxy) is 1. The second-order valence-corrected chi connectivity index (χ2v) is 3.34. The van der Waals surface area contributed by atoms with Crippen LogP contribution in [-0.4, -0.2) is 29.2 Å². The largest absolute Gasteiger partial charge is 0.383 e. The summed E-state index contributed by atoms with van der Waals surface area (Å²) in [5.74, 6) is -0.286. The van der Waals surface area contributed by atoms with E-state index in [2.05, 4.69) is 0 Å². The van der Waals surface area contributed by atoms with E-state index in [0.29, 0.717) is 0 Å². The summed E-state index contributed by atoms with van der Waals surface area (Å²) in [6, 6.07) is 0. The van der Waals surface area contributed by atoms with Crippen molar-refractivity contribution < 1.29 is 14.6 Å². The summed E-state index contributed by atoms with van der Waals surface area (Å²) in [5, 5.41) is 9.17. The van der Waals surface area contributed by atoms with Gasteiger partial charge >= 0.3 is 0 Å². The quantitative estimate of drug-likeness (QED) is 0.660. The van der Waals surface area contributed by atoms with Gasteiger partial charge in [-0.25, -0.2) is 0 Å². The number of aliphatic hydroxyl groups is 1. The van der Waals surface area contributed by atoms with Crippen LogP contribution in [0.15, 0.2) is 0 Å². The van der Waals surface area contributed by atoms with Crippen LogP contribution < -0.4 is 0 Å². The zero-order valence-electron chi connectivity index (χ0n) is 7.55. The molecule has 0 aromatic heterocycles. The van der Waals surface area contributed by atoms with Gasteiger partial charge in [0.2, 0.25) is 0 Å². The molecule has 0 aliphatic rings. The Hall–Kier alpha value is -0.410. The summed E-state index contributed by atoms with van der Waals surface area (Å²) in [6.07, 6.45) is 0.0290. The van der Waals surface area contributed by atoms with Crippen molar-refractivity contribution in [2.75, 3.05) is 6.61 Å². The summed E-state index contributed by atoms with van der Waals surface area (Å²) in [5.41, 5.74) is -1.27. The van der Waals surface area contributed by atoms with E-state index in [1.54, 1.807) is 0 Å². The second kappa shape index (κ2) is 3.83. The van der Waals surface area contributed by atoms with Crippen molar-refractivity contribution in [1.29, 1.82) is 0 Å². The Morgan fingerprint density at radius 2 is 2.00 bits per heavy atom. The standard InChI is InChI=1S/C8H16O3/c1-6(2)11-5-7(9)8(3,4)10/h6,10H,5H2,1-4H3. The molecule has 66 valence electrons. The third-order valence-electron chi connectivity index (χ3n) is 1.23. The van der Waals surface area contributed by atoms with Gasteiger partial charge < -0.3 is 9.84 Å². The van der Waals surface area contributed by atoms with E-state index in [0.717, 1.165) is 0 Å². The smallest absolute Gasteiger partial charge is 0.189 e. The van der Waals surface area contributed by atoms with E-state index in [4.69, 9.17) is 9.84 Å². The minimum Gasteiger partial charge on any atom is -0.383 e. The summed E-state index contributed by atoms with van der Waals surface area (Å²) < 4.78 is 5.02. The first-order valence-corrected chi connectivity index (χ1v) is 3.71. The number of ketones is 1. The lowest BCUT2D eigenvalue weighted by Gasteiger charge is -2.16. The van der Waals surface area contributed by atoms with Gasteiger partial charge in [0.25, 0.3) is 0 Å². The molecule has 0 spiro atoms. The van der Waals surface area contributed by atoms with Crippen LogP contribution in [0.25, 0.3) is 0 Å². The van der Waals surface area contributed by atoms with Crippen molar-refractivity contribution in [3.8, 4) is 0 Å². The van der Waals surface area contributed by atoms with Crippen molar-refractivity contribution in [2.24, 2.45) is 0 Å². The fraction of sp³-hybridized carbons (Fsp3) is 0.875. The van der Waals surface area contributed by atoms with Gasteiger partial charge in [0.15, 0.2) is 5.78 Å². The van der Waals surface area contributed by atoms with Gasteiger partial charge in [0.1, 0.15) is 12.2 Å². The first kappa shape index (κ1) is 10.6. The Kier molecular flexibility index (Phi) is 3.69. The molecular weight excluding hydrogens is 144 g/mol. The normalized spacial score (nSPS) is 12.2. The van der Waals surface area contributed by atoms with E-state index in [1.165, 1.54) is 13.8 Å². The van der Waals surface area contributed by atoms with Gasteiger partial charge in [-0.1, -0.05) is 0 Å². The van der Waals surface area contributed by atoms with Gasteiger partial charge in [0, 0.05) is 0 Å². The SMILES string of the molecule is CC(C)OCC(=O)C(C)(C)O. The van der Waals surface area contributed by atoms with Crippen molar-refractivity contribution >= 4 is 5.78 Å². The predicted octanol–water partition coefficient (Wildman–Crippen LogP) is 0.751. The van der Waals surface area contributed by atoms with E-state index >= 15 is 0 Å². The van der Waals surface area contributed by atoms with E-state index < -0.39 is 5.60 Å². The van der Waals surface area contributed by atoms with Crippen LogP contribution >= 0.6 is 0 Å². The van der Waals surface area contributed by atoms with Crippen molar-refractivity contribution in [1.82, 2.24) is 0 Å². The molecule has 0 fully saturated rings. The zero-order valence-corrected chi connectivity index (χ0v) is 7.55. The third-order valence-corrected chi connectivity index (χ3v) is 1.23. The average molecular weight is 160 g/mol. The Balaban J connectivity index is 3.71. The highest BCUT2D eigenvalue weighted by atomic mass is 16.5. The van der Waals surface area contributed by atoms with Gasteiger partial charge in [-0.15, -0.1) is 0 Å². The number of hydrogen-bond donors (Lipinski definition) is 1. The van der Waals surface area contributed by atoms with Crippen molar-refractivity contribution in [3.63, 3.8) is 0 Å². The van der Waals surface area contributed by atoms with Gasteiger partial charge in [0.05, 0.1) is 6.10 Å². The van der Waals surface area contributed by atoms with Crippen LogP contribution in [0.3, 0.4) is 0 Å². The number of hydrogen-bond acceptors (Lipinski definition) is 3. The van der Waals surface area contributed by atoms with Gasteiger partial charge in [-0.3, -0.25) is 4.79 Å². The second-order valence-electron chi connectivity index (χ2n) is 3.34. The first-order chi connectivity index (χ1) is 4.84. The molecule has 3 heteroatoms. The first-order valence-electron chi connectivity index (χ1n) is 3.71. The Bertz CT molecular complexity index is 133. The molecule has 0 atom stereocenters. The van der Waals surface area contributed by atoms with Crippen molar-refractivity contribution in [2.45, 2.75) is 39.4 Å². The topological polar surface area (TPSA) is 46.5 Å². The third kappa shape index (κ3) is 4.93. The number of carbonyl (C=O) groups is 1.